The zero-order valence-corrected chi connectivity index (χ0v) is 15.6. The fraction of sp³-hybridized carbons (Fsp3) is 0.833. The van der Waals surface area contributed by atoms with Gasteiger partial charge in [0.15, 0.2) is 5.78 Å². The zero-order chi connectivity index (χ0) is 16.1. The van der Waals surface area contributed by atoms with Gasteiger partial charge in [-0.2, -0.15) is 0 Å². The van der Waals surface area contributed by atoms with Crippen molar-refractivity contribution in [3.63, 3.8) is 0 Å². The van der Waals surface area contributed by atoms with E-state index in [-0.39, 0.29) is 46.1 Å². The van der Waals surface area contributed by atoms with Crippen LogP contribution in [-0.4, -0.2) is 98.7 Å². The van der Waals surface area contributed by atoms with Crippen LogP contribution in [0.4, 0.5) is 0 Å². The molecule has 0 saturated carbocycles. The molecular formula is C6H10Mg2O12P2. The van der Waals surface area contributed by atoms with E-state index in [9.17, 15) is 38.6 Å². The number of aliphatic hydroxyl groups is 3. The van der Waals surface area contributed by atoms with E-state index in [1.807, 2.05) is 0 Å². The van der Waals surface area contributed by atoms with Crippen LogP contribution in [0.5, 0.6) is 0 Å². The largest absolute Gasteiger partial charge is 2.00 e. The Labute approximate surface area is 156 Å². The molecule has 0 saturated heterocycles. The van der Waals surface area contributed by atoms with Crippen LogP contribution in [0.3, 0.4) is 0 Å². The number of ketones is 1. The summed E-state index contributed by atoms with van der Waals surface area (Å²) in [4.78, 5) is 51.4. The van der Waals surface area contributed by atoms with Gasteiger partial charge in [-0.1, -0.05) is 0 Å². The Morgan fingerprint density at radius 2 is 1.36 bits per heavy atom. The molecule has 0 rings (SSSR count). The molecule has 120 valence electrons. The molecule has 12 nitrogen and oxygen atoms in total. The van der Waals surface area contributed by atoms with Crippen molar-refractivity contribution in [2.24, 2.45) is 0 Å². The number of hydrogen-bond donors (Lipinski definition) is 3. The van der Waals surface area contributed by atoms with Crippen LogP contribution in [-0.2, 0) is 23.0 Å². The number of carbonyl (C=O) groups is 1. The Balaban J connectivity index is -0.00000180. The van der Waals surface area contributed by atoms with Gasteiger partial charge in [-0.15, -0.1) is 0 Å². The van der Waals surface area contributed by atoms with Gasteiger partial charge in [0.1, 0.15) is 24.9 Å². The topological polar surface area (TPSA) is 223 Å². The second kappa shape index (κ2) is 11.8. The van der Waals surface area contributed by atoms with Crippen molar-refractivity contribution in [2.75, 3.05) is 13.2 Å². The van der Waals surface area contributed by atoms with Crippen molar-refractivity contribution in [3.05, 3.63) is 0 Å². The van der Waals surface area contributed by atoms with Crippen molar-refractivity contribution >= 4 is 67.5 Å². The van der Waals surface area contributed by atoms with Crippen molar-refractivity contribution in [1.82, 2.24) is 0 Å². The van der Waals surface area contributed by atoms with Crippen LogP contribution >= 0.6 is 15.6 Å². The molecule has 0 aliphatic rings. The van der Waals surface area contributed by atoms with Gasteiger partial charge in [0.25, 0.3) is 0 Å². The number of phosphoric acid groups is 2. The fourth-order valence-electron chi connectivity index (χ4n) is 0.895. The molecule has 0 fully saturated rings. The third kappa shape index (κ3) is 13.7. The summed E-state index contributed by atoms with van der Waals surface area (Å²) < 4.78 is 27.3. The van der Waals surface area contributed by atoms with Gasteiger partial charge in [-0.05, 0) is 0 Å². The minimum absolute atomic E-state index is 0. The molecular weight excluding hydrogens is 375 g/mol. The second-order valence-corrected chi connectivity index (χ2v) is 5.74. The molecule has 0 amide bonds. The van der Waals surface area contributed by atoms with Gasteiger partial charge in [0, 0.05) is 0 Å². The first-order valence-corrected chi connectivity index (χ1v) is 7.65. The third-order valence-electron chi connectivity index (χ3n) is 1.82. The number of hydrogen-bond acceptors (Lipinski definition) is 12. The van der Waals surface area contributed by atoms with E-state index in [1.165, 1.54) is 0 Å². The van der Waals surface area contributed by atoms with Gasteiger partial charge < -0.3 is 53.1 Å². The van der Waals surface area contributed by atoms with Crippen LogP contribution in [0, 0.1) is 0 Å². The van der Waals surface area contributed by atoms with Crippen LogP contribution in [0.25, 0.3) is 0 Å². The Hall–Kier alpha value is 1.30. The maximum atomic E-state index is 11.1. The molecule has 0 aromatic heterocycles. The molecule has 0 aliphatic heterocycles. The molecule has 0 radical (unpaired) electrons. The first-order chi connectivity index (χ1) is 8.83. The molecule has 16 heteroatoms. The molecule has 0 aromatic carbocycles. The number of rotatable bonds is 9. The minimum atomic E-state index is -5.47. The monoisotopic (exact) mass is 384 g/mol. The summed E-state index contributed by atoms with van der Waals surface area (Å²) in [6.07, 6.45) is -6.83. The average molecular weight is 385 g/mol. The molecule has 22 heavy (non-hydrogen) atoms. The van der Waals surface area contributed by atoms with E-state index in [2.05, 4.69) is 9.05 Å². The number of phosphoric ester groups is 2. The normalized spacial score (nSPS) is 16.0. The smallest absolute Gasteiger partial charge is 0.790 e. The standard InChI is InChI=1S/C6H14O12P2.2Mg/c7-3(1-17-19(11,12)13)5(9)6(10)4(8)2-18-20(14,15)16;;/h3,5-7,9-10H,1-2H2,(H2,11,12,13)(H2,14,15,16);;/q;2*+2/p-4/t3-,5-,6-;;/m1../s1. The predicted molar refractivity (Wildman–Crippen MR) is 61.7 cm³/mol. The number of aliphatic hydroxyl groups excluding tert-OH is 3. The van der Waals surface area contributed by atoms with Crippen LogP contribution in [0.2, 0.25) is 0 Å². The molecule has 0 aliphatic carbocycles. The number of Topliss-reactive ketones (excluding diaryl/α,β-unsaturated/α-hetero) is 1. The first-order valence-electron chi connectivity index (χ1n) is 4.73. The molecule has 0 bridgehead atoms. The van der Waals surface area contributed by atoms with Gasteiger partial charge >= 0.3 is 46.1 Å². The maximum Gasteiger partial charge on any atom is 2.00 e. The summed E-state index contributed by atoms with van der Waals surface area (Å²) >= 11 is 0. The third-order valence-corrected chi connectivity index (χ3v) is 2.73. The summed E-state index contributed by atoms with van der Waals surface area (Å²) in [7, 11) is -10.9. The molecule has 3 atom stereocenters. The summed E-state index contributed by atoms with van der Waals surface area (Å²) in [6, 6.07) is 0. The first kappa shape index (κ1) is 28.1. The van der Waals surface area contributed by atoms with E-state index in [1.54, 1.807) is 0 Å². The number of carbonyl (C=O) groups excluding carboxylic acids is 1. The second-order valence-electron chi connectivity index (χ2n) is 3.43. The van der Waals surface area contributed by atoms with E-state index in [0.29, 0.717) is 0 Å². The summed E-state index contributed by atoms with van der Waals surface area (Å²) in [5.41, 5.74) is 0. The summed E-state index contributed by atoms with van der Waals surface area (Å²) in [5.74, 6) is -1.48. The Kier molecular flexibility index (Phi) is 15.1. The molecule has 0 aromatic rings. The van der Waals surface area contributed by atoms with E-state index in [0.717, 1.165) is 0 Å². The van der Waals surface area contributed by atoms with Crippen LogP contribution in [0.1, 0.15) is 0 Å². The Morgan fingerprint density at radius 1 is 0.955 bits per heavy atom. The Bertz CT molecular complexity index is 420. The van der Waals surface area contributed by atoms with E-state index in [4.69, 9.17) is 10.2 Å². The van der Waals surface area contributed by atoms with E-state index < -0.39 is 53.0 Å². The van der Waals surface area contributed by atoms with E-state index >= 15 is 0 Å². The predicted octanol–water partition coefficient (Wildman–Crippen LogP) is -6.43. The molecule has 0 spiro atoms. The van der Waals surface area contributed by atoms with Gasteiger partial charge in [-0.25, -0.2) is 0 Å². The summed E-state index contributed by atoms with van der Waals surface area (Å²) in [5, 5.41) is 27.5. The molecule has 0 unspecified atom stereocenters. The minimum Gasteiger partial charge on any atom is -0.790 e. The summed E-state index contributed by atoms with van der Waals surface area (Å²) in [6.45, 7) is -2.63. The van der Waals surface area contributed by atoms with Crippen LogP contribution in [0.15, 0.2) is 0 Å². The maximum absolute atomic E-state index is 11.1. The SMILES string of the molecule is O=C(COP(=O)([O-])[O-])[C@@H](O)[C@H](O)[C@H](O)COP(=O)([O-])[O-].[Mg+2].[Mg+2]. The molecule has 3 N–H and O–H groups in total. The Morgan fingerprint density at radius 3 is 1.73 bits per heavy atom. The van der Waals surface area contributed by atoms with Crippen molar-refractivity contribution in [2.45, 2.75) is 18.3 Å². The fourth-order valence-corrected chi connectivity index (χ4v) is 1.52. The average Bonchev–Trinajstić information content (AvgIpc) is 2.29. The zero-order valence-electron chi connectivity index (χ0n) is 11.0. The van der Waals surface area contributed by atoms with Crippen molar-refractivity contribution in [3.8, 4) is 0 Å². The van der Waals surface area contributed by atoms with Gasteiger partial charge in [0.05, 0.1) is 22.3 Å². The van der Waals surface area contributed by atoms with Crippen molar-refractivity contribution in [1.29, 1.82) is 0 Å². The molecule has 0 heterocycles. The van der Waals surface area contributed by atoms with Gasteiger partial charge in [0.2, 0.25) is 0 Å². The van der Waals surface area contributed by atoms with Crippen LogP contribution < -0.4 is 19.6 Å². The van der Waals surface area contributed by atoms with Crippen molar-refractivity contribution < 1.29 is 57.9 Å². The van der Waals surface area contributed by atoms with Gasteiger partial charge in [-0.3, -0.25) is 4.79 Å². The quantitative estimate of drug-likeness (QED) is 0.249.